The summed E-state index contributed by atoms with van der Waals surface area (Å²) < 4.78 is 28.9. The van der Waals surface area contributed by atoms with Gasteiger partial charge in [-0.15, -0.1) is 0 Å². The molecule has 0 unspecified atom stereocenters. The Kier molecular flexibility index (Phi) is 7.05. The first kappa shape index (κ1) is 23.0. The molecule has 2 amide bonds. The molecule has 1 aromatic carbocycles. The van der Waals surface area contributed by atoms with Crippen LogP contribution in [0.25, 0.3) is 0 Å². The second-order valence-corrected chi connectivity index (χ2v) is 11.1. The lowest BCUT2D eigenvalue weighted by Gasteiger charge is -2.33. The number of anilines is 1. The summed E-state index contributed by atoms with van der Waals surface area (Å²) >= 11 is 0. The maximum Gasteiger partial charge on any atom is 0.253 e. The van der Waals surface area contributed by atoms with Crippen LogP contribution in [0.2, 0.25) is 0 Å². The number of sulfonamides is 1. The van der Waals surface area contributed by atoms with Crippen LogP contribution < -0.4 is 10.6 Å². The molecule has 3 heterocycles. The number of piperidine rings is 3. The Hall–Kier alpha value is -2.13. The first-order valence-electron chi connectivity index (χ1n) is 11.9. The lowest BCUT2D eigenvalue weighted by atomic mass is 9.96. The van der Waals surface area contributed by atoms with Crippen molar-refractivity contribution in [2.75, 3.05) is 44.2 Å². The van der Waals surface area contributed by atoms with Crippen molar-refractivity contribution in [3.05, 3.63) is 23.8 Å². The van der Waals surface area contributed by atoms with Crippen LogP contribution in [-0.2, 0) is 14.8 Å². The molecule has 0 aromatic heterocycles. The van der Waals surface area contributed by atoms with Gasteiger partial charge in [0.1, 0.15) is 4.90 Å². The summed E-state index contributed by atoms with van der Waals surface area (Å²) in [4.78, 5) is 28.7. The number of primary amides is 1. The largest absolute Gasteiger partial charge is 0.370 e. The Morgan fingerprint density at radius 3 is 2.03 bits per heavy atom. The van der Waals surface area contributed by atoms with E-state index in [9.17, 15) is 18.0 Å². The fourth-order valence-electron chi connectivity index (χ4n) is 5.04. The summed E-state index contributed by atoms with van der Waals surface area (Å²) in [6.07, 6.45) is 7.11. The third-order valence-corrected chi connectivity index (χ3v) is 8.95. The molecule has 0 radical (unpaired) electrons. The summed E-state index contributed by atoms with van der Waals surface area (Å²) in [7, 11) is -3.69. The van der Waals surface area contributed by atoms with Crippen molar-refractivity contribution < 1.29 is 18.0 Å². The number of hydrogen-bond donors (Lipinski definition) is 1. The zero-order valence-corrected chi connectivity index (χ0v) is 19.5. The van der Waals surface area contributed by atoms with Gasteiger partial charge in [0.15, 0.2) is 0 Å². The molecule has 0 saturated carbocycles. The van der Waals surface area contributed by atoms with Crippen LogP contribution >= 0.6 is 0 Å². The van der Waals surface area contributed by atoms with Gasteiger partial charge in [-0.2, -0.15) is 4.31 Å². The summed E-state index contributed by atoms with van der Waals surface area (Å²) in [5.74, 6) is -0.707. The number of amides is 2. The van der Waals surface area contributed by atoms with Gasteiger partial charge in [0.25, 0.3) is 5.91 Å². The first-order valence-corrected chi connectivity index (χ1v) is 13.3. The molecule has 3 aliphatic rings. The van der Waals surface area contributed by atoms with E-state index in [1.165, 1.54) is 0 Å². The van der Waals surface area contributed by atoms with E-state index in [4.69, 9.17) is 5.73 Å². The van der Waals surface area contributed by atoms with Gasteiger partial charge in [-0.05, 0) is 63.1 Å². The van der Waals surface area contributed by atoms with Crippen molar-refractivity contribution in [1.82, 2.24) is 9.21 Å². The molecule has 176 valence electrons. The topological polar surface area (TPSA) is 104 Å². The molecule has 8 nitrogen and oxygen atoms in total. The van der Waals surface area contributed by atoms with Crippen molar-refractivity contribution in [3.8, 4) is 0 Å². The molecule has 9 heteroatoms. The van der Waals surface area contributed by atoms with E-state index >= 15 is 0 Å². The number of carbonyl (C=O) groups is 2. The molecule has 2 N–H and O–H groups in total. The standard InChI is InChI=1S/C23H34N4O4S/c24-22(28)18-9-15-26(16-10-18)23(29)19-7-8-20(25-11-3-1-4-12-25)21(17-19)32(30,31)27-13-5-2-6-14-27/h7-8,17-18H,1-6,9-16H2,(H2,24,28). The average Bonchev–Trinajstić information content (AvgIpc) is 2.84. The minimum absolute atomic E-state index is 0.187. The zero-order chi connectivity index (χ0) is 22.7. The monoisotopic (exact) mass is 462 g/mol. The molecule has 0 spiro atoms. The number of nitrogens with two attached hydrogens (primary N) is 1. The van der Waals surface area contributed by atoms with Gasteiger partial charge >= 0.3 is 0 Å². The molecule has 4 rings (SSSR count). The highest BCUT2D eigenvalue weighted by atomic mass is 32.2. The van der Waals surface area contributed by atoms with E-state index < -0.39 is 10.0 Å². The van der Waals surface area contributed by atoms with Crippen molar-refractivity contribution in [3.63, 3.8) is 0 Å². The van der Waals surface area contributed by atoms with Gasteiger partial charge in [-0.1, -0.05) is 6.42 Å². The number of benzene rings is 1. The third kappa shape index (κ3) is 4.78. The summed E-state index contributed by atoms with van der Waals surface area (Å²) in [5.41, 5.74) is 6.50. The van der Waals surface area contributed by atoms with Crippen molar-refractivity contribution >= 4 is 27.5 Å². The van der Waals surface area contributed by atoms with Gasteiger partial charge in [0.2, 0.25) is 15.9 Å². The predicted molar refractivity (Wildman–Crippen MR) is 123 cm³/mol. The molecular weight excluding hydrogens is 428 g/mol. The predicted octanol–water partition coefficient (Wildman–Crippen LogP) is 2.19. The third-order valence-electron chi connectivity index (χ3n) is 7.02. The van der Waals surface area contributed by atoms with Gasteiger partial charge in [0.05, 0.1) is 5.69 Å². The smallest absolute Gasteiger partial charge is 0.253 e. The van der Waals surface area contributed by atoms with Crippen LogP contribution in [0.3, 0.4) is 0 Å². The fraction of sp³-hybridized carbons (Fsp3) is 0.652. The molecule has 0 aliphatic carbocycles. The second-order valence-electron chi connectivity index (χ2n) is 9.16. The van der Waals surface area contributed by atoms with E-state index in [0.29, 0.717) is 50.3 Å². The Balaban J connectivity index is 1.64. The Labute approximate surface area is 190 Å². The highest BCUT2D eigenvalue weighted by molar-refractivity contribution is 7.89. The van der Waals surface area contributed by atoms with E-state index in [1.807, 2.05) is 6.07 Å². The van der Waals surface area contributed by atoms with Crippen LogP contribution in [0, 0.1) is 5.92 Å². The van der Waals surface area contributed by atoms with Crippen molar-refractivity contribution in [2.45, 2.75) is 56.3 Å². The lowest BCUT2D eigenvalue weighted by molar-refractivity contribution is -0.123. The van der Waals surface area contributed by atoms with Crippen LogP contribution in [0.15, 0.2) is 23.1 Å². The molecule has 1 aromatic rings. The average molecular weight is 463 g/mol. The van der Waals surface area contributed by atoms with Gasteiger partial charge in [-0.3, -0.25) is 9.59 Å². The molecule has 3 saturated heterocycles. The van der Waals surface area contributed by atoms with E-state index in [1.54, 1.807) is 21.3 Å². The summed E-state index contributed by atoms with van der Waals surface area (Å²) in [5, 5.41) is 0. The number of nitrogens with zero attached hydrogens (tertiary/aromatic N) is 3. The molecule has 0 bridgehead atoms. The van der Waals surface area contributed by atoms with Crippen LogP contribution in [0.5, 0.6) is 0 Å². The first-order chi connectivity index (χ1) is 15.4. The van der Waals surface area contributed by atoms with Gasteiger partial charge in [0, 0.05) is 50.7 Å². The highest BCUT2D eigenvalue weighted by Gasteiger charge is 2.32. The number of likely N-dealkylation sites (tertiary alicyclic amines) is 1. The summed E-state index contributed by atoms with van der Waals surface area (Å²) in [6.45, 7) is 3.62. The zero-order valence-electron chi connectivity index (χ0n) is 18.7. The normalized spacial score (nSPS) is 21.5. The Bertz CT molecular complexity index is 945. The van der Waals surface area contributed by atoms with Crippen LogP contribution in [0.4, 0.5) is 5.69 Å². The molecular formula is C23H34N4O4S. The number of hydrogen-bond acceptors (Lipinski definition) is 5. The maximum atomic E-state index is 13.6. The molecule has 32 heavy (non-hydrogen) atoms. The molecule has 3 aliphatic heterocycles. The molecule has 3 fully saturated rings. The summed E-state index contributed by atoms with van der Waals surface area (Å²) in [6, 6.07) is 5.14. The Morgan fingerprint density at radius 1 is 0.844 bits per heavy atom. The van der Waals surface area contributed by atoms with Crippen LogP contribution in [0.1, 0.15) is 61.7 Å². The minimum Gasteiger partial charge on any atom is -0.370 e. The van der Waals surface area contributed by atoms with Gasteiger partial charge in [-0.25, -0.2) is 8.42 Å². The minimum atomic E-state index is -3.69. The van der Waals surface area contributed by atoms with Crippen LogP contribution in [-0.4, -0.2) is 68.7 Å². The number of rotatable bonds is 5. The highest BCUT2D eigenvalue weighted by Crippen LogP contribution is 2.33. The van der Waals surface area contributed by atoms with Crippen molar-refractivity contribution in [1.29, 1.82) is 0 Å². The number of carbonyl (C=O) groups excluding carboxylic acids is 2. The quantitative estimate of drug-likeness (QED) is 0.722. The van der Waals surface area contributed by atoms with Gasteiger partial charge < -0.3 is 15.5 Å². The Morgan fingerprint density at radius 2 is 1.44 bits per heavy atom. The fourth-order valence-corrected chi connectivity index (χ4v) is 6.80. The SMILES string of the molecule is NC(=O)C1CCN(C(=O)c2ccc(N3CCCCC3)c(S(=O)(=O)N3CCCCC3)c2)CC1. The lowest BCUT2D eigenvalue weighted by Crippen LogP contribution is -2.42. The molecule has 0 atom stereocenters. The van der Waals surface area contributed by atoms with E-state index in [2.05, 4.69) is 4.90 Å². The maximum absolute atomic E-state index is 13.6. The van der Waals surface area contributed by atoms with E-state index in [-0.39, 0.29) is 22.6 Å². The second kappa shape index (κ2) is 9.79. The van der Waals surface area contributed by atoms with Crippen molar-refractivity contribution in [2.24, 2.45) is 11.7 Å². The van der Waals surface area contributed by atoms with E-state index in [0.717, 1.165) is 51.6 Å².